The van der Waals surface area contributed by atoms with Gasteiger partial charge in [-0.3, -0.25) is 9.69 Å². The summed E-state index contributed by atoms with van der Waals surface area (Å²) in [5.41, 5.74) is 3.36. The molecule has 2 aromatic rings. The van der Waals surface area contributed by atoms with Gasteiger partial charge in [-0.2, -0.15) is 10.2 Å². The first-order valence-corrected chi connectivity index (χ1v) is 9.60. The molecule has 1 unspecified atom stereocenters. The summed E-state index contributed by atoms with van der Waals surface area (Å²) >= 11 is 5.48. The van der Waals surface area contributed by atoms with Crippen LogP contribution in [-0.4, -0.2) is 43.1 Å². The summed E-state index contributed by atoms with van der Waals surface area (Å²) < 4.78 is 0. The Morgan fingerprint density at radius 1 is 0.964 bits per heavy atom. The van der Waals surface area contributed by atoms with Crippen molar-refractivity contribution in [2.75, 3.05) is 30.9 Å². The standard InChI is InChI=1S/C21H25N5OS/c1-14(2)19-20(27)26(21(28)25(19)5)18-12-8-16(9-13-18)23-22-15-6-10-17(11-7-15)24(3)4/h6-14,19H,1-5H3/b23-22+. The lowest BCUT2D eigenvalue weighted by atomic mass is 10.0. The molecule has 0 radical (unpaired) electrons. The Labute approximate surface area is 171 Å². The normalized spacial score (nSPS) is 17.3. The van der Waals surface area contributed by atoms with Crippen molar-refractivity contribution >= 4 is 46.0 Å². The maximum Gasteiger partial charge on any atom is 0.256 e. The quantitative estimate of drug-likeness (QED) is 0.541. The number of hydrogen-bond acceptors (Lipinski definition) is 5. The van der Waals surface area contributed by atoms with Crippen molar-refractivity contribution in [1.29, 1.82) is 0 Å². The highest BCUT2D eigenvalue weighted by Crippen LogP contribution is 2.29. The van der Waals surface area contributed by atoms with Gasteiger partial charge in [0, 0.05) is 26.8 Å². The second-order valence-corrected chi connectivity index (χ2v) is 7.75. The van der Waals surface area contributed by atoms with Crippen LogP contribution in [0.25, 0.3) is 0 Å². The van der Waals surface area contributed by atoms with Gasteiger partial charge in [0.1, 0.15) is 6.04 Å². The van der Waals surface area contributed by atoms with Gasteiger partial charge in [-0.05, 0) is 66.7 Å². The molecule has 0 spiro atoms. The van der Waals surface area contributed by atoms with Gasteiger partial charge in [0.05, 0.1) is 17.1 Å². The second kappa shape index (κ2) is 8.06. The molecule has 0 N–H and O–H groups in total. The van der Waals surface area contributed by atoms with E-state index in [4.69, 9.17) is 12.2 Å². The lowest BCUT2D eigenvalue weighted by Gasteiger charge is -2.20. The minimum atomic E-state index is -0.225. The summed E-state index contributed by atoms with van der Waals surface area (Å²) in [6, 6.07) is 15.0. The summed E-state index contributed by atoms with van der Waals surface area (Å²) in [5.74, 6) is 0.199. The van der Waals surface area contributed by atoms with Crippen LogP contribution in [0.15, 0.2) is 58.8 Å². The number of nitrogens with zero attached hydrogens (tertiary/aromatic N) is 5. The molecule has 1 amide bonds. The highest BCUT2D eigenvalue weighted by molar-refractivity contribution is 7.80. The Kier molecular flexibility index (Phi) is 5.74. The van der Waals surface area contributed by atoms with Crippen LogP contribution >= 0.6 is 12.2 Å². The summed E-state index contributed by atoms with van der Waals surface area (Å²) in [6.45, 7) is 4.06. The molecule has 2 aromatic carbocycles. The Hall–Kier alpha value is -2.80. The van der Waals surface area contributed by atoms with Gasteiger partial charge < -0.3 is 9.80 Å². The van der Waals surface area contributed by atoms with E-state index in [0.717, 1.165) is 17.1 Å². The van der Waals surface area contributed by atoms with Crippen LogP contribution in [-0.2, 0) is 4.79 Å². The van der Waals surface area contributed by atoms with E-state index in [1.807, 2.05) is 93.3 Å². The molecular weight excluding hydrogens is 370 g/mol. The third kappa shape index (κ3) is 3.89. The van der Waals surface area contributed by atoms with Gasteiger partial charge in [-0.15, -0.1) is 0 Å². The maximum absolute atomic E-state index is 12.8. The van der Waals surface area contributed by atoms with E-state index in [1.165, 1.54) is 0 Å². The van der Waals surface area contributed by atoms with Gasteiger partial charge in [-0.1, -0.05) is 13.8 Å². The molecule has 1 fully saturated rings. The van der Waals surface area contributed by atoms with Crippen molar-refractivity contribution in [2.24, 2.45) is 16.1 Å². The zero-order chi connectivity index (χ0) is 20.4. The van der Waals surface area contributed by atoms with E-state index in [9.17, 15) is 4.79 Å². The molecular formula is C21H25N5OS. The number of anilines is 2. The fourth-order valence-electron chi connectivity index (χ4n) is 3.24. The van der Waals surface area contributed by atoms with Crippen LogP contribution < -0.4 is 9.80 Å². The lowest BCUT2D eigenvalue weighted by Crippen LogP contribution is -2.35. The first-order chi connectivity index (χ1) is 13.3. The van der Waals surface area contributed by atoms with Gasteiger partial charge in [0.2, 0.25) is 0 Å². The smallest absolute Gasteiger partial charge is 0.256 e. The van der Waals surface area contributed by atoms with Crippen LogP contribution in [0.2, 0.25) is 0 Å². The lowest BCUT2D eigenvalue weighted by molar-refractivity contribution is -0.120. The number of amides is 1. The molecule has 7 heteroatoms. The number of hydrogen-bond donors (Lipinski definition) is 0. The minimum Gasteiger partial charge on any atom is -0.378 e. The number of likely N-dealkylation sites (N-methyl/N-ethyl adjacent to an activating group) is 1. The SMILES string of the molecule is CC(C)C1C(=O)N(c2ccc(/N=N/c3ccc(N(C)C)cc3)cc2)C(=S)N1C. The second-order valence-electron chi connectivity index (χ2n) is 7.38. The third-order valence-electron chi connectivity index (χ3n) is 4.77. The van der Waals surface area contributed by atoms with Crippen LogP contribution in [0, 0.1) is 5.92 Å². The van der Waals surface area contributed by atoms with E-state index >= 15 is 0 Å². The molecule has 1 aliphatic heterocycles. The summed E-state index contributed by atoms with van der Waals surface area (Å²) in [7, 11) is 5.86. The van der Waals surface area contributed by atoms with E-state index in [-0.39, 0.29) is 17.9 Å². The minimum absolute atomic E-state index is 0.0119. The maximum atomic E-state index is 12.8. The molecule has 1 atom stereocenters. The number of carbonyl (C=O) groups is 1. The predicted molar refractivity (Wildman–Crippen MR) is 118 cm³/mol. The summed E-state index contributed by atoms with van der Waals surface area (Å²) in [5, 5.41) is 9.08. The highest BCUT2D eigenvalue weighted by atomic mass is 32.1. The molecule has 1 aliphatic rings. The average Bonchev–Trinajstić information content (AvgIpc) is 2.89. The Bertz CT molecular complexity index is 890. The number of carbonyl (C=O) groups excluding carboxylic acids is 1. The molecule has 0 aromatic heterocycles. The molecule has 28 heavy (non-hydrogen) atoms. The Morgan fingerprint density at radius 2 is 1.46 bits per heavy atom. The zero-order valence-corrected chi connectivity index (χ0v) is 17.6. The fourth-order valence-corrected chi connectivity index (χ4v) is 3.55. The monoisotopic (exact) mass is 395 g/mol. The Morgan fingerprint density at radius 3 is 1.89 bits per heavy atom. The molecule has 3 rings (SSSR count). The topological polar surface area (TPSA) is 51.5 Å². The molecule has 0 bridgehead atoms. The van der Waals surface area contributed by atoms with Gasteiger partial charge in [-0.25, -0.2) is 0 Å². The van der Waals surface area contributed by atoms with E-state index < -0.39 is 0 Å². The highest BCUT2D eigenvalue weighted by Gasteiger charge is 2.42. The number of rotatable bonds is 5. The van der Waals surface area contributed by atoms with Crippen molar-refractivity contribution in [1.82, 2.24) is 4.90 Å². The van der Waals surface area contributed by atoms with Gasteiger partial charge in [0.15, 0.2) is 5.11 Å². The van der Waals surface area contributed by atoms with Gasteiger partial charge in [0.25, 0.3) is 5.91 Å². The number of azo groups is 1. The van der Waals surface area contributed by atoms with Crippen LogP contribution in [0.3, 0.4) is 0 Å². The molecule has 0 saturated carbocycles. The van der Waals surface area contributed by atoms with Crippen LogP contribution in [0.4, 0.5) is 22.7 Å². The van der Waals surface area contributed by atoms with E-state index in [2.05, 4.69) is 10.2 Å². The van der Waals surface area contributed by atoms with Crippen molar-refractivity contribution < 1.29 is 4.79 Å². The first-order valence-electron chi connectivity index (χ1n) is 9.19. The van der Waals surface area contributed by atoms with Crippen molar-refractivity contribution in [3.05, 3.63) is 48.5 Å². The molecule has 1 saturated heterocycles. The predicted octanol–water partition coefficient (Wildman–Crippen LogP) is 4.76. The first kappa shape index (κ1) is 19.9. The number of thiocarbonyl (C=S) groups is 1. The van der Waals surface area contributed by atoms with Crippen LogP contribution in [0.1, 0.15) is 13.8 Å². The molecule has 1 heterocycles. The molecule has 0 aliphatic carbocycles. The summed E-state index contributed by atoms with van der Waals surface area (Å²) in [6.07, 6.45) is 0. The average molecular weight is 396 g/mol. The van der Waals surface area contributed by atoms with Crippen LogP contribution in [0.5, 0.6) is 0 Å². The van der Waals surface area contributed by atoms with Gasteiger partial charge >= 0.3 is 0 Å². The largest absolute Gasteiger partial charge is 0.378 e. The third-order valence-corrected chi connectivity index (χ3v) is 5.24. The van der Waals surface area contributed by atoms with Crippen molar-refractivity contribution in [3.8, 4) is 0 Å². The van der Waals surface area contributed by atoms with E-state index in [1.54, 1.807) is 4.90 Å². The zero-order valence-electron chi connectivity index (χ0n) is 16.8. The molecule has 6 nitrogen and oxygen atoms in total. The van der Waals surface area contributed by atoms with Crippen molar-refractivity contribution in [3.63, 3.8) is 0 Å². The van der Waals surface area contributed by atoms with Crippen molar-refractivity contribution in [2.45, 2.75) is 19.9 Å². The molecule has 146 valence electrons. The van der Waals surface area contributed by atoms with E-state index in [0.29, 0.717) is 10.8 Å². The summed E-state index contributed by atoms with van der Waals surface area (Å²) in [4.78, 5) is 18.3. The Balaban J connectivity index is 1.75. The number of benzene rings is 2. The fraction of sp³-hybridized carbons (Fsp3) is 0.333.